The molecule has 0 radical (unpaired) electrons. The van der Waals surface area contributed by atoms with E-state index in [4.69, 9.17) is 25.8 Å². The molecule has 16 nitrogen and oxygen atoms in total. The van der Waals surface area contributed by atoms with E-state index in [2.05, 4.69) is 28.1 Å². The van der Waals surface area contributed by atoms with Gasteiger partial charge < -0.3 is 34.3 Å². The molecule has 8 rings (SSSR count). The molecular weight excluding hydrogens is 992 g/mol. The molecule has 3 aliphatic heterocycles. The Morgan fingerprint density at radius 2 is 1.58 bits per heavy atom. The normalized spacial score (nSPS) is 19.1. The fraction of sp³-hybridized carbons (Fsp3) is 0.463. The summed E-state index contributed by atoms with van der Waals surface area (Å²) >= 11 is 8.03. The first-order valence-corrected chi connectivity index (χ1v) is 27.5. The zero-order valence-electron chi connectivity index (χ0n) is 42.6. The van der Waals surface area contributed by atoms with E-state index in [0.29, 0.717) is 60.5 Å². The van der Waals surface area contributed by atoms with Gasteiger partial charge in [0.1, 0.15) is 22.3 Å². The number of benzene rings is 3. The molecule has 5 aromatic rings. The van der Waals surface area contributed by atoms with Crippen LogP contribution in [0.2, 0.25) is 5.02 Å². The van der Waals surface area contributed by atoms with E-state index in [-0.39, 0.29) is 57.8 Å². The molecule has 3 N–H and O–H groups in total. The molecular formula is C54H65ClN6O10S2. The average Bonchev–Trinajstić information content (AvgIpc) is 3.87. The largest absolute Gasteiger partial charge is 0.479 e. The van der Waals surface area contributed by atoms with Crippen molar-refractivity contribution in [2.24, 2.45) is 0 Å². The van der Waals surface area contributed by atoms with Crippen molar-refractivity contribution in [3.63, 3.8) is 0 Å². The number of esters is 2. The van der Waals surface area contributed by atoms with E-state index in [1.54, 1.807) is 75.0 Å². The van der Waals surface area contributed by atoms with Crippen LogP contribution in [0.5, 0.6) is 5.75 Å². The fourth-order valence-corrected chi connectivity index (χ4v) is 13.4. The number of carbonyl (C=O) groups is 5. The van der Waals surface area contributed by atoms with Gasteiger partial charge >= 0.3 is 18.0 Å². The van der Waals surface area contributed by atoms with Crippen molar-refractivity contribution in [2.75, 3.05) is 36.9 Å². The number of nitrogens with one attached hydrogen (secondary N) is 3. The molecule has 0 saturated carbocycles. The Balaban J connectivity index is 0.858. The van der Waals surface area contributed by atoms with E-state index in [1.165, 1.54) is 5.56 Å². The summed E-state index contributed by atoms with van der Waals surface area (Å²) in [7, 11) is -3.79. The van der Waals surface area contributed by atoms with Gasteiger partial charge in [0, 0.05) is 60.7 Å². The van der Waals surface area contributed by atoms with Crippen LogP contribution in [0.15, 0.2) is 79.0 Å². The lowest BCUT2D eigenvalue weighted by Crippen LogP contribution is -2.55. The maximum absolute atomic E-state index is 14.2. The summed E-state index contributed by atoms with van der Waals surface area (Å²) in [6.07, 6.45) is 5.29. The van der Waals surface area contributed by atoms with E-state index < -0.39 is 51.4 Å². The number of piperidine rings is 3. The third kappa shape index (κ3) is 12.9. The maximum atomic E-state index is 14.2. The minimum atomic E-state index is -3.79. The topological polar surface area (TPSA) is 195 Å². The summed E-state index contributed by atoms with van der Waals surface area (Å²) in [4.78, 5) is 66.2. The van der Waals surface area contributed by atoms with Crippen LogP contribution in [0, 0.1) is 0 Å². The fourth-order valence-electron chi connectivity index (χ4n) is 9.98. The van der Waals surface area contributed by atoms with Crippen molar-refractivity contribution in [3.05, 3.63) is 100 Å². The van der Waals surface area contributed by atoms with Crippen molar-refractivity contribution in [3.8, 4) is 16.2 Å². The SMILES string of the molecule is CC(C)(C)OC(=O)COc1c(C(=O)OC(C)(C)C)sc(-c2cccc(N[C@H]3CCN(S(=O)(=O)Cc4cccc(NC(=O)N5CCC(c6ccc7c(ccn7C7CCC(=O)NC7=O)c6)CC5)c4)C(C)(C)C3)c2)c1Cl. The van der Waals surface area contributed by atoms with E-state index in [9.17, 15) is 32.4 Å². The number of hydrogen-bond acceptors (Lipinski definition) is 12. The summed E-state index contributed by atoms with van der Waals surface area (Å²) in [6, 6.07) is 22.1. The van der Waals surface area contributed by atoms with Crippen LogP contribution in [0.3, 0.4) is 0 Å². The molecule has 3 aromatic carbocycles. The number of rotatable bonds is 13. The quantitative estimate of drug-likeness (QED) is 0.0750. The van der Waals surface area contributed by atoms with Gasteiger partial charge in [-0.15, -0.1) is 11.3 Å². The van der Waals surface area contributed by atoms with Gasteiger partial charge in [0.15, 0.2) is 17.2 Å². The molecule has 3 aliphatic rings. The highest BCUT2D eigenvalue weighted by Gasteiger charge is 2.42. The highest BCUT2D eigenvalue weighted by atomic mass is 35.5. The number of fused-ring (bicyclic) bond motifs is 1. The molecule has 3 saturated heterocycles. The Hall–Kier alpha value is -5.95. The molecule has 1 unspecified atom stereocenters. The van der Waals surface area contributed by atoms with Crippen LogP contribution in [0.1, 0.15) is 127 Å². The van der Waals surface area contributed by atoms with Gasteiger partial charge in [-0.1, -0.05) is 41.9 Å². The van der Waals surface area contributed by atoms with Gasteiger partial charge in [0.2, 0.25) is 21.8 Å². The zero-order chi connectivity index (χ0) is 52.6. The summed E-state index contributed by atoms with van der Waals surface area (Å²) in [6.45, 7) is 15.3. The number of sulfonamides is 1. The third-order valence-corrected chi connectivity index (χ3v) is 16.9. The second-order valence-electron chi connectivity index (χ2n) is 21.7. The standard InChI is InChI=1S/C54H65ClN6O10S2/c1-52(2,3)70-44(63)31-69-46-45(55)47(72-48(46)50(65)71-53(4,5)6)37-12-10-14-39(29-37)56-40-22-26-61(54(7,8)30-40)73(67,68)32-33-11-9-13-38(27-33)57-51(66)59-23-19-34(20-24-59)35-15-16-41-36(28-35)21-25-60(41)42-17-18-43(62)58-49(42)64/h9-16,21,25,27-29,34,40,42,56H,17-20,22-24,26,30-32H2,1-8H3,(H,57,66)(H,58,62,64)/t40-,42?/m0/s1. The van der Waals surface area contributed by atoms with E-state index in [1.807, 2.05) is 61.0 Å². The van der Waals surface area contributed by atoms with Crippen LogP contribution in [0.4, 0.5) is 16.2 Å². The van der Waals surface area contributed by atoms with Gasteiger partial charge in [-0.3, -0.25) is 14.9 Å². The van der Waals surface area contributed by atoms with Crippen LogP contribution in [-0.4, -0.2) is 101 Å². The molecule has 4 amide bonds. The Labute approximate surface area is 436 Å². The molecule has 3 fully saturated rings. The van der Waals surface area contributed by atoms with Crippen LogP contribution >= 0.6 is 22.9 Å². The summed E-state index contributed by atoms with van der Waals surface area (Å²) in [5.41, 5.74) is 2.40. The first-order chi connectivity index (χ1) is 34.3. The second-order valence-corrected chi connectivity index (χ2v) is 25.0. The van der Waals surface area contributed by atoms with Crippen molar-refractivity contribution >= 4 is 85.0 Å². The highest BCUT2D eigenvalue weighted by molar-refractivity contribution is 7.88. The van der Waals surface area contributed by atoms with Crippen LogP contribution in [0.25, 0.3) is 21.3 Å². The molecule has 0 spiro atoms. The summed E-state index contributed by atoms with van der Waals surface area (Å²) < 4.78 is 48.8. The van der Waals surface area contributed by atoms with Gasteiger partial charge in [-0.05, 0) is 158 Å². The van der Waals surface area contributed by atoms with E-state index in [0.717, 1.165) is 40.8 Å². The smallest absolute Gasteiger partial charge is 0.352 e. The molecule has 0 aliphatic carbocycles. The zero-order valence-corrected chi connectivity index (χ0v) is 45.0. The average molecular weight is 1060 g/mol. The van der Waals surface area contributed by atoms with Crippen LogP contribution in [-0.2, 0) is 39.6 Å². The number of imide groups is 1. The first kappa shape index (κ1) is 53.3. The lowest BCUT2D eigenvalue weighted by Gasteiger charge is -2.45. The predicted molar refractivity (Wildman–Crippen MR) is 284 cm³/mol. The number of halogens is 1. The van der Waals surface area contributed by atoms with Crippen molar-refractivity contribution < 1.29 is 46.6 Å². The minimum absolute atomic E-state index is 0.0364. The Kier molecular flexibility index (Phi) is 15.4. The Bertz CT molecular complexity index is 3040. The summed E-state index contributed by atoms with van der Waals surface area (Å²) in [5.74, 6) is -1.72. The molecule has 2 aromatic heterocycles. The molecule has 5 heterocycles. The van der Waals surface area contributed by atoms with Crippen molar-refractivity contribution in [2.45, 2.75) is 134 Å². The number of hydrogen-bond donors (Lipinski definition) is 3. The first-order valence-electron chi connectivity index (χ1n) is 24.7. The molecule has 19 heteroatoms. The molecule has 0 bridgehead atoms. The third-order valence-electron chi connectivity index (χ3n) is 13.2. The van der Waals surface area contributed by atoms with E-state index >= 15 is 0 Å². The minimum Gasteiger partial charge on any atom is -0.479 e. The number of anilines is 2. The van der Waals surface area contributed by atoms with Gasteiger partial charge in [-0.25, -0.2) is 22.8 Å². The predicted octanol–water partition coefficient (Wildman–Crippen LogP) is 10.3. The second kappa shape index (κ2) is 21.1. The maximum Gasteiger partial charge on any atom is 0.352 e. The van der Waals surface area contributed by atoms with Gasteiger partial charge in [0.25, 0.3) is 0 Å². The van der Waals surface area contributed by atoms with Gasteiger partial charge in [-0.2, -0.15) is 4.31 Å². The lowest BCUT2D eigenvalue weighted by atomic mass is 9.89. The Morgan fingerprint density at radius 1 is 0.863 bits per heavy atom. The number of carbonyl (C=O) groups excluding carboxylic acids is 5. The van der Waals surface area contributed by atoms with Crippen molar-refractivity contribution in [1.82, 2.24) is 19.1 Å². The van der Waals surface area contributed by atoms with Crippen molar-refractivity contribution in [1.29, 1.82) is 0 Å². The van der Waals surface area contributed by atoms with Gasteiger partial charge in [0.05, 0.1) is 10.6 Å². The van der Waals surface area contributed by atoms with Crippen LogP contribution < -0.4 is 20.7 Å². The molecule has 2 atom stereocenters. The number of nitrogens with zero attached hydrogens (tertiary/aromatic N) is 3. The number of thiophene rings is 1. The number of aromatic nitrogens is 1. The number of likely N-dealkylation sites (tertiary alicyclic amines) is 1. The Morgan fingerprint density at radius 3 is 2.27 bits per heavy atom. The monoisotopic (exact) mass is 1060 g/mol. The number of amides is 4. The number of urea groups is 1. The number of ether oxygens (including phenoxy) is 3. The lowest BCUT2D eigenvalue weighted by molar-refractivity contribution is -0.157. The molecule has 390 valence electrons. The highest BCUT2D eigenvalue weighted by Crippen LogP contribution is 2.47. The summed E-state index contributed by atoms with van der Waals surface area (Å²) in [5, 5.41) is 10.2. The molecule has 73 heavy (non-hydrogen) atoms.